The lowest BCUT2D eigenvalue weighted by Gasteiger charge is -2.12. The van der Waals surface area contributed by atoms with E-state index in [1.54, 1.807) is 11.8 Å². The van der Waals surface area contributed by atoms with Crippen LogP contribution in [0.15, 0.2) is 35.2 Å². The van der Waals surface area contributed by atoms with E-state index in [2.05, 4.69) is 17.4 Å². The Balaban J connectivity index is 1.98. The molecule has 0 radical (unpaired) electrons. The molecule has 1 aromatic carbocycles. The first-order chi connectivity index (χ1) is 6.36. The molecule has 1 aliphatic rings. The quantitative estimate of drug-likeness (QED) is 0.741. The Hall–Kier alpha value is -0.510. The summed E-state index contributed by atoms with van der Waals surface area (Å²) < 4.78 is 0. The maximum Gasteiger partial charge on any atom is 0.0798 e. The molecule has 0 saturated carbocycles. The van der Waals surface area contributed by atoms with Crippen LogP contribution < -0.4 is 5.32 Å². The second kappa shape index (κ2) is 4.13. The number of nitrogens with one attached hydrogen (secondary N) is 1. The Bertz CT molecular complexity index is 265. The Morgan fingerprint density at radius 1 is 1.23 bits per heavy atom. The number of benzene rings is 1. The highest BCUT2D eigenvalue weighted by Gasteiger charge is 2.25. The van der Waals surface area contributed by atoms with Gasteiger partial charge >= 0.3 is 0 Å². The van der Waals surface area contributed by atoms with Gasteiger partial charge in [0, 0.05) is 23.2 Å². The van der Waals surface area contributed by atoms with Crippen LogP contribution in [0.25, 0.3) is 0 Å². The molecule has 2 N–H and O–H groups in total. The van der Waals surface area contributed by atoms with Gasteiger partial charge in [-0.1, -0.05) is 18.2 Å². The standard InChI is InChI=1S/C10H13NOS/c12-9-6-11-7-10(9)13-8-4-2-1-3-5-8/h1-5,9-12H,6-7H2. The Morgan fingerprint density at radius 3 is 2.62 bits per heavy atom. The predicted molar refractivity (Wildman–Crippen MR) is 55.0 cm³/mol. The number of β-amino-alcohol motifs (C(OH)–C–C–N with tert-alkyl or cyclic N) is 1. The molecule has 0 amide bonds. The number of rotatable bonds is 2. The minimum absolute atomic E-state index is 0.204. The highest BCUT2D eigenvalue weighted by molar-refractivity contribution is 8.00. The Morgan fingerprint density at radius 2 is 2.00 bits per heavy atom. The van der Waals surface area contributed by atoms with Crippen molar-refractivity contribution in [1.29, 1.82) is 0 Å². The normalized spacial score (nSPS) is 27.8. The fourth-order valence-electron chi connectivity index (χ4n) is 1.44. The van der Waals surface area contributed by atoms with Crippen molar-refractivity contribution in [1.82, 2.24) is 5.32 Å². The van der Waals surface area contributed by atoms with Gasteiger partial charge in [-0.15, -0.1) is 11.8 Å². The van der Waals surface area contributed by atoms with Gasteiger partial charge in [0.1, 0.15) is 0 Å². The van der Waals surface area contributed by atoms with Crippen molar-refractivity contribution >= 4 is 11.8 Å². The van der Waals surface area contributed by atoms with Crippen LogP contribution in [0.5, 0.6) is 0 Å². The molecule has 1 saturated heterocycles. The number of hydrogen-bond donors (Lipinski definition) is 2. The fourth-order valence-corrected chi connectivity index (χ4v) is 2.55. The van der Waals surface area contributed by atoms with E-state index < -0.39 is 0 Å². The lowest BCUT2D eigenvalue weighted by Crippen LogP contribution is -2.19. The SMILES string of the molecule is OC1CNCC1Sc1ccccc1. The highest BCUT2D eigenvalue weighted by Crippen LogP contribution is 2.26. The predicted octanol–water partition coefficient (Wildman–Crippen LogP) is 1.11. The largest absolute Gasteiger partial charge is 0.391 e. The molecule has 1 aromatic rings. The van der Waals surface area contributed by atoms with Gasteiger partial charge in [-0.25, -0.2) is 0 Å². The van der Waals surface area contributed by atoms with Crippen molar-refractivity contribution in [2.24, 2.45) is 0 Å². The summed E-state index contributed by atoms with van der Waals surface area (Å²) in [6, 6.07) is 10.2. The summed E-state index contributed by atoms with van der Waals surface area (Å²) in [5.41, 5.74) is 0. The van der Waals surface area contributed by atoms with Crippen LogP contribution in [0, 0.1) is 0 Å². The molecule has 0 bridgehead atoms. The van der Waals surface area contributed by atoms with Crippen LogP contribution in [0.1, 0.15) is 0 Å². The fraction of sp³-hybridized carbons (Fsp3) is 0.400. The molecule has 2 rings (SSSR count). The molecule has 70 valence electrons. The van der Waals surface area contributed by atoms with Gasteiger partial charge in [0.2, 0.25) is 0 Å². The number of aliphatic hydroxyl groups is 1. The first-order valence-electron chi connectivity index (χ1n) is 4.47. The summed E-state index contributed by atoms with van der Waals surface area (Å²) in [6.45, 7) is 1.63. The maximum absolute atomic E-state index is 9.57. The van der Waals surface area contributed by atoms with Gasteiger partial charge in [0.15, 0.2) is 0 Å². The van der Waals surface area contributed by atoms with Gasteiger partial charge in [0.25, 0.3) is 0 Å². The summed E-state index contributed by atoms with van der Waals surface area (Å²) in [5.74, 6) is 0. The van der Waals surface area contributed by atoms with Crippen LogP contribution in [0.3, 0.4) is 0 Å². The topological polar surface area (TPSA) is 32.3 Å². The smallest absolute Gasteiger partial charge is 0.0798 e. The van der Waals surface area contributed by atoms with E-state index in [1.807, 2.05) is 18.2 Å². The van der Waals surface area contributed by atoms with Crippen LogP contribution in [-0.4, -0.2) is 29.5 Å². The van der Waals surface area contributed by atoms with Gasteiger partial charge < -0.3 is 10.4 Å². The maximum atomic E-state index is 9.57. The monoisotopic (exact) mass is 195 g/mol. The van der Waals surface area contributed by atoms with E-state index in [9.17, 15) is 5.11 Å². The lowest BCUT2D eigenvalue weighted by molar-refractivity contribution is 0.201. The van der Waals surface area contributed by atoms with Crippen LogP contribution in [0.2, 0.25) is 0 Å². The summed E-state index contributed by atoms with van der Waals surface area (Å²) in [7, 11) is 0. The van der Waals surface area contributed by atoms with Crippen molar-refractivity contribution in [3.8, 4) is 0 Å². The average Bonchev–Trinajstić information content (AvgIpc) is 2.54. The Labute approximate surface area is 82.4 Å². The van der Waals surface area contributed by atoms with E-state index in [0.717, 1.165) is 13.1 Å². The van der Waals surface area contributed by atoms with Crippen LogP contribution in [0.4, 0.5) is 0 Å². The van der Waals surface area contributed by atoms with Gasteiger partial charge in [-0.05, 0) is 12.1 Å². The summed E-state index contributed by atoms with van der Waals surface area (Å²) in [6.07, 6.45) is -0.204. The third-order valence-electron chi connectivity index (χ3n) is 2.16. The number of aliphatic hydroxyl groups excluding tert-OH is 1. The van der Waals surface area contributed by atoms with E-state index in [0.29, 0.717) is 5.25 Å². The third-order valence-corrected chi connectivity index (χ3v) is 3.49. The molecule has 0 aromatic heterocycles. The van der Waals surface area contributed by atoms with Crippen molar-refractivity contribution in [3.05, 3.63) is 30.3 Å². The molecule has 0 aliphatic carbocycles. The van der Waals surface area contributed by atoms with Gasteiger partial charge in [-0.3, -0.25) is 0 Å². The molecule has 1 fully saturated rings. The number of hydrogen-bond acceptors (Lipinski definition) is 3. The van der Waals surface area contributed by atoms with E-state index in [4.69, 9.17) is 0 Å². The van der Waals surface area contributed by atoms with Crippen molar-refractivity contribution in [2.45, 2.75) is 16.2 Å². The summed E-state index contributed by atoms with van der Waals surface area (Å²) >= 11 is 1.75. The molecule has 2 nitrogen and oxygen atoms in total. The molecule has 2 unspecified atom stereocenters. The van der Waals surface area contributed by atoms with Gasteiger partial charge in [0.05, 0.1) is 6.10 Å². The molecule has 1 heterocycles. The van der Waals surface area contributed by atoms with Crippen molar-refractivity contribution < 1.29 is 5.11 Å². The lowest BCUT2D eigenvalue weighted by atomic mass is 10.3. The molecule has 1 aliphatic heterocycles. The minimum Gasteiger partial charge on any atom is -0.391 e. The molecular formula is C10H13NOS. The Kier molecular flexibility index (Phi) is 2.88. The third kappa shape index (κ3) is 2.24. The minimum atomic E-state index is -0.204. The van der Waals surface area contributed by atoms with Crippen LogP contribution in [-0.2, 0) is 0 Å². The summed E-state index contributed by atoms with van der Waals surface area (Å²) in [4.78, 5) is 1.23. The average molecular weight is 195 g/mol. The molecular weight excluding hydrogens is 182 g/mol. The van der Waals surface area contributed by atoms with E-state index in [1.165, 1.54) is 4.90 Å². The van der Waals surface area contributed by atoms with E-state index in [-0.39, 0.29) is 6.10 Å². The highest BCUT2D eigenvalue weighted by atomic mass is 32.2. The first kappa shape index (κ1) is 9.06. The zero-order valence-electron chi connectivity index (χ0n) is 7.31. The molecule has 13 heavy (non-hydrogen) atoms. The van der Waals surface area contributed by atoms with E-state index >= 15 is 0 Å². The van der Waals surface area contributed by atoms with Crippen molar-refractivity contribution in [3.63, 3.8) is 0 Å². The second-order valence-corrected chi connectivity index (χ2v) is 4.51. The number of thioether (sulfide) groups is 1. The molecule has 2 atom stereocenters. The zero-order valence-corrected chi connectivity index (χ0v) is 8.13. The first-order valence-corrected chi connectivity index (χ1v) is 5.35. The zero-order chi connectivity index (χ0) is 9.10. The van der Waals surface area contributed by atoms with Crippen LogP contribution >= 0.6 is 11.8 Å². The van der Waals surface area contributed by atoms with Gasteiger partial charge in [-0.2, -0.15) is 0 Å². The molecule has 3 heteroatoms. The summed E-state index contributed by atoms with van der Waals surface area (Å²) in [5, 5.41) is 13.0. The second-order valence-electron chi connectivity index (χ2n) is 3.19. The molecule has 0 spiro atoms. The van der Waals surface area contributed by atoms with Crippen molar-refractivity contribution in [2.75, 3.05) is 13.1 Å².